The Labute approximate surface area is 128 Å². The van der Waals surface area contributed by atoms with Crippen molar-refractivity contribution < 1.29 is 9.47 Å². The van der Waals surface area contributed by atoms with Gasteiger partial charge in [-0.1, -0.05) is 40.2 Å². The summed E-state index contributed by atoms with van der Waals surface area (Å²) in [5.41, 5.74) is 3.61. The third-order valence-corrected chi connectivity index (χ3v) is 4.20. The molecule has 0 saturated heterocycles. The first-order valence-corrected chi connectivity index (χ1v) is 7.47. The van der Waals surface area contributed by atoms with Gasteiger partial charge in [0, 0.05) is 4.83 Å². The van der Waals surface area contributed by atoms with Crippen molar-refractivity contribution in [3.8, 4) is 11.5 Å². The highest BCUT2D eigenvalue weighted by atomic mass is 79.9. The number of hydrogen-bond donors (Lipinski definition) is 0. The van der Waals surface area contributed by atoms with Gasteiger partial charge in [-0.3, -0.25) is 0 Å². The maximum absolute atomic E-state index is 5.38. The maximum Gasteiger partial charge on any atom is 0.122 e. The van der Waals surface area contributed by atoms with E-state index in [0.29, 0.717) is 0 Å². The first-order valence-electron chi connectivity index (χ1n) is 6.55. The van der Waals surface area contributed by atoms with Gasteiger partial charge in [0.1, 0.15) is 11.5 Å². The smallest absolute Gasteiger partial charge is 0.122 e. The summed E-state index contributed by atoms with van der Waals surface area (Å²) in [4.78, 5) is 0.254. The van der Waals surface area contributed by atoms with Crippen molar-refractivity contribution in [3.05, 3.63) is 59.2 Å². The van der Waals surface area contributed by atoms with Crippen molar-refractivity contribution in [1.29, 1.82) is 0 Å². The van der Waals surface area contributed by atoms with Crippen LogP contribution in [0, 0.1) is 6.92 Å². The average molecular weight is 335 g/mol. The summed E-state index contributed by atoms with van der Waals surface area (Å²) in [5, 5.41) is 0. The fourth-order valence-electron chi connectivity index (χ4n) is 2.16. The number of alkyl halides is 1. The summed E-state index contributed by atoms with van der Waals surface area (Å²) in [6.07, 6.45) is 0.906. The first-order chi connectivity index (χ1) is 9.63. The zero-order valence-electron chi connectivity index (χ0n) is 12.0. The van der Waals surface area contributed by atoms with Crippen LogP contribution in [-0.4, -0.2) is 14.2 Å². The lowest BCUT2D eigenvalue weighted by Gasteiger charge is -2.13. The normalized spacial score (nSPS) is 12.0. The molecule has 2 nitrogen and oxygen atoms in total. The van der Waals surface area contributed by atoms with Crippen LogP contribution in [0.15, 0.2) is 42.5 Å². The Morgan fingerprint density at radius 1 is 1.05 bits per heavy atom. The van der Waals surface area contributed by atoms with Gasteiger partial charge in [0.15, 0.2) is 0 Å². The molecule has 0 aliphatic heterocycles. The van der Waals surface area contributed by atoms with Crippen molar-refractivity contribution in [3.63, 3.8) is 0 Å². The fraction of sp³-hybridized carbons (Fsp3) is 0.294. The van der Waals surface area contributed by atoms with Crippen LogP contribution in [0.25, 0.3) is 0 Å². The van der Waals surface area contributed by atoms with Gasteiger partial charge in [-0.2, -0.15) is 0 Å². The molecule has 0 fully saturated rings. The number of methoxy groups -OCH3 is 2. The fourth-order valence-corrected chi connectivity index (χ4v) is 2.81. The lowest BCUT2D eigenvalue weighted by Crippen LogP contribution is -1.97. The predicted octanol–water partition coefficient (Wildman–Crippen LogP) is 4.69. The van der Waals surface area contributed by atoms with Crippen LogP contribution in [0.4, 0.5) is 0 Å². The SMILES string of the molecule is COc1cccc(CC(Br)c2ccc(C)c(OC)c2)c1. The Morgan fingerprint density at radius 2 is 1.85 bits per heavy atom. The van der Waals surface area contributed by atoms with E-state index in [0.717, 1.165) is 23.5 Å². The molecule has 0 aliphatic carbocycles. The van der Waals surface area contributed by atoms with Crippen LogP contribution < -0.4 is 9.47 Å². The minimum atomic E-state index is 0.254. The molecule has 106 valence electrons. The Bertz CT molecular complexity index is 581. The largest absolute Gasteiger partial charge is 0.497 e. The maximum atomic E-state index is 5.38. The van der Waals surface area contributed by atoms with E-state index in [-0.39, 0.29) is 4.83 Å². The van der Waals surface area contributed by atoms with Gasteiger partial charge in [0.05, 0.1) is 14.2 Å². The van der Waals surface area contributed by atoms with Crippen LogP contribution in [0.1, 0.15) is 21.5 Å². The number of hydrogen-bond acceptors (Lipinski definition) is 2. The second-order valence-electron chi connectivity index (χ2n) is 4.75. The highest BCUT2D eigenvalue weighted by Crippen LogP contribution is 2.31. The molecule has 0 N–H and O–H groups in total. The molecule has 2 rings (SSSR count). The van der Waals surface area contributed by atoms with Crippen LogP contribution >= 0.6 is 15.9 Å². The molecular weight excluding hydrogens is 316 g/mol. The summed E-state index contributed by atoms with van der Waals surface area (Å²) in [7, 11) is 3.40. The molecule has 0 spiro atoms. The van der Waals surface area contributed by atoms with Gasteiger partial charge in [0.25, 0.3) is 0 Å². The molecule has 0 radical (unpaired) electrons. The number of rotatable bonds is 5. The summed E-state index contributed by atoms with van der Waals surface area (Å²) in [6, 6.07) is 14.5. The third kappa shape index (κ3) is 3.54. The van der Waals surface area contributed by atoms with E-state index in [1.807, 2.05) is 19.1 Å². The molecule has 2 aromatic carbocycles. The van der Waals surface area contributed by atoms with E-state index in [1.165, 1.54) is 11.1 Å². The van der Waals surface area contributed by atoms with Crippen LogP contribution in [0.5, 0.6) is 11.5 Å². The van der Waals surface area contributed by atoms with E-state index < -0.39 is 0 Å². The van der Waals surface area contributed by atoms with E-state index in [2.05, 4.69) is 46.3 Å². The van der Waals surface area contributed by atoms with Gasteiger partial charge in [-0.25, -0.2) is 0 Å². The van der Waals surface area contributed by atoms with Gasteiger partial charge in [0.2, 0.25) is 0 Å². The zero-order chi connectivity index (χ0) is 14.5. The van der Waals surface area contributed by atoms with Crippen molar-refractivity contribution in [2.45, 2.75) is 18.2 Å². The molecule has 1 unspecified atom stereocenters. The molecule has 0 saturated carbocycles. The average Bonchev–Trinajstić information content (AvgIpc) is 2.47. The molecule has 0 aromatic heterocycles. The standard InChI is InChI=1S/C17H19BrO2/c1-12-7-8-14(11-17(12)20-3)16(18)10-13-5-4-6-15(9-13)19-2/h4-9,11,16H,10H2,1-3H3. The van der Waals surface area contributed by atoms with Crippen LogP contribution in [0.3, 0.4) is 0 Å². The number of halogens is 1. The summed E-state index contributed by atoms with van der Waals surface area (Å²) < 4.78 is 10.6. The minimum Gasteiger partial charge on any atom is -0.497 e. The summed E-state index contributed by atoms with van der Waals surface area (Å²) in [5.74, 6) is 1.82. The lowest BCUT2D eigenvalue weighted by atomic mass is 10.0. The predicted molar refractivity (Wildman–Crippen MR) is 86.1 cm³/mol. The first kappa shape index (κ1) is 14.9. The number of benzene rings is 2. The monoisotopic (exact) mass is 334 g/mol. The molecule has 20 heavy (non-hydrogen) atoms. The Kier molecular flexibility index (Phi) is 5.07. The summed E-state index contributed by atoms with van der Waals surface area (Å²) >= 11 is 3.76. The second kappa shape index (κ2) is 6.80. The Hall–Kier alpha value is -1.48. The van der Waals surface area contributed by atoms with Crippen molar-refractivity contribution in [2.24, 2.45) is 0 Å². The molecule has 0 bridgehead atoms. The van der Waals surface area contributed by atoms with Crippen molar-refractivity contribution >= 4 is 15.9 Å². The lowest BCUT2D eigenvalue weighted by molar-refractivity contribution is 0.411. The van der Waals surface area contributed by atoms with Crippen molar-refractivity contribution in [2.75, 3.05) is 14.2 Å². The molecule has 0 amide bonds. The van der Waals surface area contributed by atoms with Gasteiger partial charge in [-0.05, 0) is 48.2 Å². The minimum absolute atomic E-state index is 0.254. The topological polar surface area (TPSA) is 18.5 Å². The molecule has 2 aromatic rings. The van der Waals surface area contributed by atoms with E-state index in [9.17, 15) is 0 Å². The molecule has 0 heterocycles. The highest BCUT2D eigenvalue weighted by Gasteiger charge is 2.11. The van der Waals surface area contributed by atoms with E-state index in [4.69, 9.17) is 9.47 Å². The zero-order valence-corrected chi connectivity index (χ0v) is 13.6. The van der Waals surface area contributed by atoms with Crippen LogP contribution in [0.2, 0.25) is 0 Å². The molecular formula is C17H19BrO2. The number of aryl methyl sites for hydroxylation is 1. The Morgan fingerprint density at radius 3 is 2.55 bits per heavy atom. The quantitative estimate of drug-likeness (QED) is 0.738. The van der Waals surface area contributed by atoms with Gasteiger partial charge in [-0.15, -0.1) is 0 Å². The molecule has 0 aliphatic rings. The second-order valence-corrected chi connectivity index (χ2v) is 5.86. The Balaban J connectivity index is 2.16. The van der Waals surface area contributed by atoms with E-state index in [1.54, 1.807) is 14.2 Å². The highest BCUT2D eigenvalue weighted by molar-refractivity contribution is 9.09. The van der Waals surface area contributed by atoms with E-state index >= 15 is 0 Å². The van der Waals surface area contributed by atoms with Crippen molar-refractivity contribution in [1.82, 2.24) is 0 Å². The van der Waals surface area contributed by atoms with Gasteiger partial charge < -0.3 is 9.47 Å². The molecule has 3 heteroatoms. The number of ether oxygens (including phenoxy) is 2. The third-order valence-electron chi connectivity index (χ3n) is 3.34. The summed E-state index contributed by atoms with van der Waals surface area (Å²) in [6.45, 7) is 2.05. The van der Waals surface area contributed by atoms with Crippen LogP contribution in [-0.2, 0) is 6.42 Å². The molecule has 1 atom stereocenters. The van der Waals surface area contributed by atoms with Gasteiger partial charge >= 0.3 is 0 Å².